The number of hydrogen-bond acceptors (Lipinski definition) is 6. The molecular weight excluding hydrogens is 410 g/mol. The normalized spacial score (nSPS) is 11.2. The van der Waals surface area contributed by atoms with E-state index in [2.05, 4.69) is 15.6 Å². The number of hydrazone groups is 1. The molecule has 1 aromatic heterocycles. The predicted octanol–water partition coefficient (Wildman–Crippen LogP) is 3.56. The molecule has 0 fully saturated rings. The minimum absolute atomic E-state index is 0.178. The van der Waals surface area contributed by atoms with E-state index < -0.39 is 10.8 Å². The third-order valence-electron chi connectivity index (χ3n) is 4.08. The molecule has 0 atom stereocenters. The van der Waals surface area contributed by atoms with Crippen LogP contribution in [0.25, 0.3) is 0 Å². The molecule has 30 heavy (non-hydrogen) atoms. The van der Waals surface area contributed by atoms with Crippen LogP contribution in [0.4, 0.5) is 5.69 Å². The van der Waals surface area contributed by atoms with Gasteiger partial charge in [0, 0.05) is 5.02 Å². The molecule has 10 heteroatoms. The Hall–Kier alpha value is -3.72. The second-order valence-corrected chi connectivity index (χ2v) is 6.76. The zero-order valence-electron chi connectivity index (χ0n) is 16.0. The number of aromatic nitrogens is 2. The van der Waals surface area contributed by atoms with Gasteiger partial charge < -0.3 is 4.74 Å². The second-order valence-electron chi connectivity index (χ2n) is 6.32. The number of nitrogens with zero attached hydrogens (tertiary/aromatic N) is 4. The SMILES string of the molecule is C/C(=N\NC(=O)Cn1cc([N+](=O)[O-])cn1)c1ccc(OCc2ccc(Cl)cc2)cc1. The van der Waals surface area contributed by atoms with E-state index in [1.807, 2.05) is 48.5 Å². The van der Waals surface area contributed by atoms with Crippen molar-refractivity contribution in [1.29, 1.82) is 0 Å². The van der Waals surface area contributed by atoms with Crippen molar-refractivity contribution in [2.75, 3.05) is 0 Å². The van der Waals surface area contributed by atoms with Crippen molar-refractivity contribution < 1.29 is 14.5 Å². The Morgan fingerprint density at radius 3 is 2.57 bits per heavy atom. The van der Waals surface area contributed by atoms with E-state index in [0.29, 0.717) is 23.1 Å². The first-order valence-corrected chi connectivity index (χ1v) is 9.26. The topological polar surface area (TPSA) is 112 Å². The van der Waals surface area contributed by atoms with Gasteiger partial charge in [0.2, 0.25) is 0 Å². The molecule has 154 valence electrons. The molecule has 1 amide bonds. The van der Waals surface area contributed by atoms with Gasteiger partial charge in [-0.15, -0.1) is 0 Å². The van der Waals surface area contributed by atoms with E-state index in [1.54, 1.807) is 6.92 Å². The van der Waals surface area contributed by atoms with Crippen molar-refractivity contribution in [2.24, 2.45) is 5.10 Å². The summed E-state index contributed by atoms with van der Waals surface area (Å²) in [6.07, 6.45) is 2.26. The van der Waals surface area contributed by atoms with Gasteiger partial charge in [-0.1, -0.05) is 23.7 Å². The molecule has 0 spiro atoms. The minimum Gasteiger partial charge on any atom is -0.489 e. The lowest BCUT2D eigenvalue weighted by atomic mass is 10.1. The number of amides is 1. The molecule has 2 aromatic carbocycles. The molecule has 3 rings (SSSR count). The lowest BCUT2D eigenvalue weighted by molar-refractivity contribution is -0.385. The van der Waals surface area contributed by atoms with Crippen molar-refractivity contribution in [3.05, 3.63) is 87.2 Å². The molecule has 0 saturated carbocycles. The summed E-state index contributed by atoms with van der Waals surface area (Å²) in [7, 11) is 0. The van der Waals surface area contributed by atoms with Crippen LogP contribution >= 0.6 is 11.6 Å². The van der Waals surface area contributed by atoms with Gasteiger partial charge in [-0.3, -0.25) is 19.6 Å². The smallest absolute Gasteiger partial charge is 0.307 e. The van der Waals surface area contributed by atoms with Crippen LogP contribution in [0.15, 0.2) is 66.0 Å². The monoisotopic (exact) mass is 427 g/mol. The number of hydrogen-bond donors (Lipinski definition) is 1. The van der Waals surface area contributed by atoms with Gasteiger partial charge in [-0.05, 0) is 54.4 Å². The number of ether oxygens (including phenoxy) is 1. The van der Waals surface area contributed by atoms with Gasteiger partial charge in [0.15, 0.2) is 0 Å². The zero-order valence-corrected chi connectivity index (χ0v) is 16.7. The minimum atomic E-state index is -0.577. The Bertz CT molecular complexity index is 1060. The summed E-state index contributed by atoms with van der Waals surface area (Å²) in [5, 5.41) is 19.1. The highest BCUT2D eigenvalue weighted by Gasteiger charge is 2.11. The lowest BCUT2D eigenvalue weighted by Gasteiger charge is -2.08. The molecule has 9 nitrogen and oxygen atoms in total. The Labute approximate surface area is 177 Å². The summed E-state index contributed by atoms with van der Waals surface area (Å²) in [4.78, 5) is 22.0. The second kappa shape index (κ2) is 9.66. The number of halogens is 1. The number of carbonyl (C=O) groups is 1. The van der Waals surface area contributed by atoms with E-state index in [0.717, 1.165) is 17.3 Å². The highest BCUT2D eigenvalue weighted by atomic mass is 35.5. The standard InChI is InChI=1S/C20H18ClN5O4/c1-14(23-24-20(27)12-25-11-18(10-22-25)26(28)29)16-4-8-19(9-5-16)30-13-15-2-6-17(21)7-3-15/h2-11H,12-13H2,1H3,(H,24,27)/b23-14+. The first-order chi connectivity index (χ1) is 14.4. The van der Waals surface area contributed by atoms with E-state index >= 15 is 0 Å². The average molecular weight is 428 g/mol. The molecule has 1 N–H and O–H groups in total. The molecule has 1 heterocycles. The predicted molar refractivity (Wildman–Crippen MR) is 111 cm³/mol. The van der Waals surface area contributed by atoms with E-state index in [1.165, 1.54) is 10.9 Å². The third kappa shape index (κ3) is 5.89. The first kappa shape index (κ1) is 21.0. The fraction of sp³-hybridized carbons (Fsp3) is 0.150. The average Bonchev–Trinajstić information content (AvgIpc) is 3.21. The number of benzene rings is 2. The highest BCUT2D eigenvalue weighted by molar-refractivity contribution is 6.30. The third-order valence-corrected chi connectivity index (χ3v) is 4.33. The van der Waals surface area contributed by atoms with Crippen molar-refractivity contribution in [1.82, 2.24) is 15.2 Å². The molecular formula is C20H18ClN5O4. The fourth-order valence-electron chi connectivity index (χ4n) is 2.47. The van der Waals surface area contributed by atoms with Gasteiger partial charge in [-0.2, -0.15) is 10.2 Å². The quantitative estimate of drug-likeness (QED) is 0.335. The Balaban J connectivity index is 1.51. The largest absolute Gasteiger partial charge is 0.489 e. The van der Waals surface area contributed by atoms with Gasteiger partial charge in [0.05, 0.1) is 10.6 Å². The molecule has 0 aliphatic heterocycles. The maximum Gasteiger partial charge on any atom is 0.307 e. The Morgan fingerprint density at radius 2 is 1.93 bits per heavy atom. The Kier molecular flexibility index (Phi) is 6.76. The summed E-state index contributed by atoms with van der Waals surface area (Å²) >= 11 is 5.87. The van der Waals surface area contributed by atoms with E-state index in [9.17, 15) is 14.9 Å². The molecule has 0 saturated heterocycles. The molecule has 0 bridgehead atoms. The van der Waals surface area contributed by atoms with Crippen LogP contribution in [0.2, 0.25) is 5.02 Å². The van der Waals surface area contributed by atoms with Crippen molar-refractivity contribution >= 4 is 28.9 Å². The number of nitrogens with one attached hydrogen (secondary N) is 1. The van der Waals surface area contributed by atoms with Crippen molar-refractivity contribution in [3.8, 4) is 5.75 Å². The highest BCUT2D eigenvalue weighted by Crippen LogP contribution is 2.16. The maximum absolute atomic E-state index is 11.9. The summed E-state index contributed by atoms with van der Waals surface area (Å²) in [6, 6.07) is 14.7. The molecule has 0 aliphatic rings. The summed E-state index contributed by atoms with van der Waals surface area (Å²) in [5.41, 5.74) is 4.64. The van der Waals surface area contributed by atoms with Crippen LogP contribution in [0, 0.1) is 10.1 Å². The van der Waals surface area contributed by atoms with Gasteiger partial charge in [-0.25, -0.2) is 5.43 Å². The fourth-order valence-corrected chi connectivity index (χ4v) is 2.59. The van der Waals surface area contributed by atoms with Crippen LogP contribution in [-0.4, -0.2) is 26.3 Å². The summed E-state index contributed by atoms with van der Waals surface area (Å²) in [5.74, 6) is 0.251. The van der Waals surface area contributed by atoms with Gasteiger partial charge in [0.25, 0.3) is 5.91 Å². The van der Waals surface area contributed by atoms with Crippen LogP contribution in [0.1, 0.15) is 18.1 Å². The number of carbonyl (C=O) groups excluding carboxylic acids is 1. The molecule has 3 aromatic rings. The van der Waals surface area contributed by atoms with Gasteiger partial charge in [0.1, 0.15) is 31.3 Å². The molecule has 0 aliphatic carbocycles. The van der Waals surface area contributed by atoms with E-state index in [4.69, 9.17) is 16.3 Å². The Morgan fingerprint density at radius 1 is 1.23 bits per heavy atom. The first-order valence-electron chi connectivity index (χ1n) is 8.88. The summed E-state index contributed by atoms with van der Waals surface area (Å²) in [6.45, 7) is 2.00. The lowest BCUT2D eigenvalue weighted by Crippen LogP contribution is -2.24. The number of rotatable bonds is 8. The summed E-state index contributed by atoms with van der Waals surface area (Å²) < 4.78 is 6.91. The van der Waals surface area contributed by atoms with Gasteiger partial charge >= 0.3 is 5.69 Å². The maximum atomic E-state index is 11.9. The zero-order chi connectivity index (χ0) is 21.5. The van der Waals surface area contributed by atoms with Crippen LogP contribution < -0.4 is 10.2 Å². The van der Waals surface area contributed by atoms with Crippen LogP contribution in [0.5, 0.6) is 5.75 Å². The van der Waals surface area contributed by atoms with Crippen LogP contribution in [-0.2, 0) is 17.9 Å². The molecule has 0 radical (unpaired) electrons. The van der Waals surface area contributed by atoms with Crippen molar-refractivity contribution in [2.45, 2.75) is 20.1 Å². The number of nitro groups is 1. The van der Waals surface area contributed by atoms with Crippen molar-refractivity contribution in [3.63, 3.8) is 0 Å². The van der Waals surface area contributed by atoms with E-state index in [-0.39, 0.29) is 12.2 Å². The van der Waals surface area contributed by atoms with Crippen LogP contribution in [0.3, 0.4) is 0 Å². The molecule has 0 unspecified atom stereocenters.